The van der Waals surface area contributed by atoms with Crippen LogP contribution in [0.2, 0.25) is 0 Å². The Labute approximate surface area is 180 Å². The second-order valence-corrected chi connectivity index (χ2v) is 8.46. The van der Waals surface area contributed by atoms with Gasteiger partial charge < -0.3 is 10.2 Å². The van der Waals surface area contributed by atoms with Crippen LogP contribution >= 0.6 is 0 Å². The number of Topliss-reactive ketones (excluding diaryl/α,β-unsaturated/α-hetero) is 1. The molecule has 1 aromatic carbocycles. The van der Waals surface area contributed by atoms with Gasteiger partial charge in [0.05, 0.1) is 17.4 Å². The van der Waals surface area contributed by atoms with Crippen molar-refractivity contribution in [2.75, 3.05) is 13.1 Å². The minimum atomic E-state index is -0.501. The van der Waals surface area contributed by atoms with E-state index in [9.17, 15) is 14.0 Å². The van der Waals surface area contributed by atoms with Crippen molar-refractivity contribution in [3.05, 3.63) is 53.6 Å². The molecule has 0 spiro atoms. The Hall–Kier alpha value is -3.13. The van der Waals surface area contributed by atoms with Gasteiger partial charge in [0.15, 0.2) is 11.4 Å². The van der Waals surface area contributed by atoms with Crippen LogP contribution in [0, 0.1) is 11.7 Å². The number of carbonyl (C=O) groups excluding carboxylic acids is 2. The summed E-state index contributed by atoms with van der Waals surface area (Å²) in [6.07, 6.45) is 3.23. The summed E-state index contributed by atoms with van der Waals surface area (Å²) >= 11 is 0. The summed E-state index contributed by atoms with van der Waals surface area (Å²) in [6, 6.07) is 5.73. The predicted molar refractivity (Wildman–Crippen MR) is 116 cm³/mol. The fraction of sp³-hybridized carbons (Fsp3) is 0.391. The predicted octanol–water partition coefficient (Wildman–Crippen LogP) is 3.22. The average Bonchev–Trinajstić information content (AvgIpc) is 3.05. The van der Waals surface area contributed by atoms with E-state index in [0.717, 1.165) is 0 Å². The molecular weight excluding hydrogens is 397 g/mol. The summed E-state index contributed by atoms with van der Waals surface area (Å²) < 4.78 is 15.9. The zero-order valence-electron chi connectivity index (χ0n) is 18.1. The van der Waals surface area contributed by atoms with Crippen LogP contribution in [-0.4, -0.2) is 56.5 Å². The van der Waals surface area contributed by atoms with E-state index in [1.807, 2.05) is 27.7 Å². The number of ketones is 1. The van der Waals surface area contributed by atoms with Crippen LogP contribution in [0.1, 0.15) is 48.4 Å². The molecular formula is C23H26FN5O2. The van der Waals surface area contributed by atoms with Gasteiger partial charge in [0.25, 0.3) is 5.91 Å². The van der Waals surface area contributed by atoms with E-state index in [4.69, 9.17) is 0 Å². The number of halogens is 1. The molecule has 7 nitrogen and oxygen atoms in total. The van der Waals surface area contributed by atoms with Crippen LogP contribution in [-0.2, 0) is 0 Å². The van der Waals surface area contributed by atoms with Crippen molar-refractivity contribution in [1.29, 1.82) is 0 Å². The quantitative estimate of drug-likeness (QED) is 0.616. The van der Waals surface area contributed by atoms with Gasteiger partial charge in [-0.25, -0.2) is 4.39 Å². The molecule has 0 bridgehead atoms. The van der Waals surface area contributed by atoms with Gasteiger partial charge in [0.2, 0.25) is 0 Å². The van der Waals surface area contributed by atoms with E-state index in [1.54, 1.807) is 34.0 Å². The van der Waals surface area contributed by atoms with E-state index in [2.05, 4.69) is 15.5 Å². The maximum Gasteiger partial charge on any atom is 0.256 e. The van der Waals surface area contributed by atoms with Gasteiger partial charge in [-0.3, -0.25) is 14.2 Å². The SMILES string of the molecule is CC(C)N(C(=O)c1cc(F)ccc1-n1cc(C(=O)C2CNC2)c2ccnnc21)C(C)C. The number of nitrogens with zero attached hydrogens (tertiary/aromatic N) is 4. The van der Waals surface area contributed by atoms with Gasteiger partial charge in [0.1, 0.15) is 5.82 Å². The summed E-state index contributed by atoms with van der Waals surface area (Å²) in [7, 11) is 0. The van der Waals surface area contributed by atoms with Gasteiger partial charge in [-0.15, -0.1) is 5.10 Å². The molecule has 1 aliphatic heterocycles. The van der Waals surface area contributed by atoms with E-state index in [0.29, 0.717) is 35.4 Å². The molecule has 31 heavy (non-hydrogen) atoms. The molecule has 8 heteroatoms. The normalized spacial score (nSPS) is 14.3. The molecule has 0 saturated carbocycles. The Bertz CT molecular complexity index is 1140. The van der Waals surface area contributed by atoms with Crippen LogP contribution in [0.3, 0.4) is 0 Å². The largest absolute Gasteiger partial charge is 0.334 e. The molecule has 0 aliphatic carbocycles. The Kier molecular flexibility index (Phi) is 5.58. The Morgan fingerprint density at radius 2 is 1.84 bits per heavy atom. The zero-order valence-corrected chi connectivity index (χ0v) is 18.1. The molecule has 162 valence electrons. The number of amides is 1. The maximum atomic E-state index is 14.2. The lowest BCUT2D eigenvalue weighted by Gasteiger charge is -2.31. The summed E-state index contributed by atoms with van der Waals surface area (Å²) in [5.74, 6) is -0.837. The lowest BCUT2D eigenvalue weighted by Crippen LogP contribution is -2.46. The minimum Gasteiger partial charge on any atom is -0.334 e. The van der Waals surface area contributed by atoms with Crippen LogP contribution < -0.4 is 5.32 Å². The number of hydrogen-bond donors (Lipinski definition) is 1. The van der Waals surface area contributed by atoms with E-state index >= 15 is 0 Å². The lowest BCUT2D eigenvalue weighted by atomic mass is 9.93. The fourth-order valence-electron chi connectivity index (χ4n) is 4.14. The number of aromatic nitrogens is 3. The molecule has 3 aromatic rings. The van der Waals surface area contributed by atoms with Crippen molar-refractivity contribution in [3.63, 3.8) is 0 Å². The number of carbonyl (C=O) groups is 2. The second kappa shape index (κ2) is 8.19. The van der Waals surface area contributed by atoms with Crippen LogP contribution in [0.5, 0.6) is 0 Å². The molecule has 0 radical (unpaired) electrons. The third kappa shape index (κ3) is 3.72. The highest BCUT2D eigenvalue weighted by molar-refractivity contribution is 6.09. The molecule has 3 heterocycles. The first-order valence-electron chi connectivity index (χ1n) is 10.5. The molecule has 1 amide bonds. The van der Waals surface area contributed by atoms with E-state index in [1.165, 1.54) is 12.1 Å². The van der Waals surface area contributed by atoms with Crippen LogP contribution in [0.4, 0.5) is 4.39 Å². The molecule has 2 aromatic heterocycles. The van der Waals surface area contributed by atoms with Gasteiger partial charge >= 0.3 is 0 Å². The molecule has 1 N–H and O–H groups in total. The summed E-state index contributed by atoms with van der Waals surface area (Å²) in [5.41, 5.74) is 1.67. The van der Waals surface area contributed by atoms with Crippen molar-refractivity contribution < 1.29 is 14.0 Å². The Morgan fingerprint density at radius 3 is 2.45 bits per heavy atom. The molecule has 1 saturated heterocycles. The standard InChI is InChI=1S/C23H26FN5O2/c1-13(2)29(14(3)4)23(31)18-9-16(24)5-6-20(18)28-12-19(21(30)15-10-25-11-15)17-7-8-26-27-22(17)28/h5-9,12-15,25H,10-11H2,1-4H3. The monoisotopic (exact) mass is 423 g/mol. The second-order valence-electron chi connectivity index (χ2n) is 8.46. The van der Waals surface area contributed by atoms with Crippen molar-refractivity contribution in [2.24, 2.45) is 5.92 Å². The lowest BCUT2D eigenvalue weighted by molar-refractivity contribution is 0.0643. The highest BCUT2D eigenvalue weighted by Crippen LogP contribution is 2.29. The molecule has 0 atom stereocenters. The molecule has 1 fully saturated rings. The van der Waals surface area contributed by atoms with Crippen molar-refractivity contribution in [1.82, 2.24) is 25.0 Å². The van der Waals surface area contributed by atoms with Crippen molar-refractivity contribution in [3.8, 4) is 5.69 Å². The molecule has 1 aliphatic rings. The number of fused-ring (bicyclic) bond motifs is 1. The van der Waals surface area contributed by atoms with Gasteiger partial charge in [-0.05, 0) is 52.0 Å². The first-order chi connectivity index (χ1) is 14.8. The highest BCUT2D eigenvalue weighted by atomic mass is 19.1. The van der Waals surface area contributed by atoms with Crippen molar-refractivity contribution in [2.45, 2.75) is 39.8 Å². The van der Waals surface area contributed by atoms with Crippen LogP contribution in [0.15, 0.2) is 36.7 Å². The number of hydrogen-bond acceptors (Lipinski definition) is 5. The summed E-state index contributed by atoms with van der Waals surface area (Å²) in [4.78, 5) is 28.2. The van der Waals surface area contributed by atoms with Crippen LogP contribution in [0.25, 0.3) is 16.7 Å². The van der Waals surface area contributed by atoms with Crippen molar-refractivity contribution >= 4 is 22.7 Å². The highest BCUT2D eigenvalue weighted by Gasteiger charge is 2.30. The first-order valence-corrected chi connectivity index (χ1v) is 10.5. The minimum absolute atomic E-state index is 0.0245. The maximum absolute atomic E-state index is 14.2. The Balaban J connectivity index is 1.89. The van der Waals surface area contributed by atoms with Gasteiger partial charge in [0, 0.05) is 48.2 Å². The number of benzene rings is 1. The third-order valence-corrected chi connectivity index (χ3v) is 5.69. The topological polar surface area (TPSA) is 80.1 Å². The van der Waals surface area contributed by atoms with Gasteiger partial charge in [-0.2, -0.15) is 5.10 Å². The first kappa shape index (κ1) is 21.1. The van der Waals surface area contributed by atoms with E-state index < -0.39 is 5.82 Å². The average molecular weight is 423 g/mol. The summed E-state index contributed by atoms with van der Waals surface area (Å²) in [6.45, 7) is 8.99. The fourth-order valence-corrected chi connectivity index (χ4v) is 4.14. The zero-order chi connectivity index (χ0) is 22.3. The Morgan fingerprint density at radius 1 is 1.13 bits per heavy atom. The summed E-state index contributed by atoms with van der Waals surface area (Å²) in [5, 5.41) is 12.0. The molecule has 4 rings (SSSR count). The smallest absolute Gasteiger partial charge is 0.256 e. The van der Waals surface area contributed by atoms with Gasteiger partial charge in [-0.1, -0.05) is 0 Å². The molecule has 0 unspecified atom stereocenters. The third-order valence-electron chi connectivity index (χ3n) is 5.69. The number of rotatable bonds is 6. The van der Waals surface area contributed by atoms with E-state index in [-0.39, 0.29) is 35.3 Å². The number of nitrogens with one attached hydrogen (secondary N) is 1.